The minimum Gasteiger partial charge on any atom is -0.445 e. The van der Waals surface area contributed by atoms with Gasteiger partial charge in [0.05, 0.1) is 14.6 Å². The SMILES string of the molecule is C[Si](C)(C)CN(CC(=O)c1ccccc1)C(=O)OCc1ccccc1. The van der Waals surface area contributed by atoms with Crippen LogP contribution in [0.1, 0.15) is 15.9 Å². The van der Waals surface area contributed by atoms with Crippen molar-refractivity contribution >= 4 is 20.0 Å². The molecule has 1 amide bonds. The third kappa shape index (κ3) is 6.55. The van der Waals surface area contributed by atoms with Crippen LogP contribution in [0.25, 0.3) is 0 Å². The van der Waals surface area contributed by atoms with Crippen molar-refractivity contribution in [2.45, 2.75) is 26.2 Å². The number of hydrogen-bond donors (Lipinski definition) is 0. The first-order valence-corrected chi connectivity index (χ1v) is 12.1. The molecule has 25 heavy (non-hydrogen) atoms. The van der Waals surface area contributed by atoms with Crippen LogP contribution in [0.4, 0.5) is 4.79 Å². The van der Waals surface area contributed by atoms with E-state index in [1.165, 1.54) is 0 Å². The molecule has 0 unspecified atom stereocenters. The van der Waals surface area contributed by atoms with Gasteiger partial charge in [0.25, 0.3) is 0 Å². The number of carbonyl (C=O) groups excluding carboxylic acids is 2. The van der Waals surface area contributed by atoms with Gasteiger partial charge in [-0.2, -0.15) is 0 Å². The summed E-state index contributed by atoms with van der Waals surface area (Å²) in [4.78, 5) is 26.6. The van der Waals surface area contributed by atoms with Gasteiger partial charge in [-0.1, -0.05) is 80.3 Å². The average molecular weight is 356 g/mol. The van der Waals surface area contributed by atoms with E-state index in [2.05, 4.69) is 19.6 Å². The summed E-state index contributed by atoms with van der Waals surface area (Å²) in [5.41, 5.74) is 1.54. The summed E-state index contributed by atoms with van der Waals surface area (Å²) in [6, 6.07) is 18.6. The Morgan fingerprint density at radius 1 is 0.920 bits per heavy atom. The number of ether oxygens (including phenoxy) is 1. The first kappa shape index (κ1) is 18.9. The van der Waals surface area contributed by atoms with E-state index in [1.54, 1.807) is 17.0 Å². The standard InChI is InChI=1S/C20H25NO3Si/c1-25(2,3)16-21(14-19(22)18-12-8-5-9-13-18)20(23)24-15-17-10-6-4-7-11-17/h4-13H,14-16H2,1-3H3. The summed E-state index contributed by atoms with van der Waals surface area (Å²) in [5, 5.41) is 0. The second-order valence-corrected chi connectivity index (χ2v) is 12.7. The third-order valence-electron chi connectivity index (χ3n) is 3.56. The first-order chi connectivity index (χ1) is 11.8. The monoisotopic (exact) mass is 355 g/mol. The summed E-state index contributed by atoms with van der Waals surface area (Å²) in [6.45, 7) is 6.75. The molecule has 2 aromatic carbocycles. The van der Waals surface area contributed by atoms with Crippen molar-refractivity contribution in [3.63, 3.8) is 0 Å². The zero-order chi connectivity index (χ0) is 18.3. The number of ketones is 1. The van der Waals surface area contributed by atoms with Crippen molar-refractivity contribution in [1.29, 1.82) is 0 Å². The lowest BCUT2D eigenvalue weighted by Gasteiger charge is -2.27. The maximum absolute atomic E-state index is 12.5. The summed E-state index contributed by atoms with van der Waals surface area (Å²) in [6.07, 6.45) is 0.148. The minimum atomic E-state index is -1.59. The Morgan fingerprint density at radius 2 is 1.48 bits per heavy atom. The molecule has 0 heterocycles. The Kier molecular flexibility index (Phi) is 6.53. The van der Waals surface area contributed by atoms with E-state index in [1.807, 2.05) is 48.5 Å². The zero-order valence-corrected chi connectivity index (χ0v) is 16.1. The van der Waals surface area contributed by atoms with Crippen LogP contribution in [0.3, 0.4) is 0 Å². The highest BCUT2D eigenvalue weighted by Gasteiger charge is 2.26. The molecular formula is C20H25NO3Si. The predicted octanol–water partition coefficient (Wildman–Crippen LogP) is 4.39. The molecule has 2 aromatic rings. The lowest BCUT2D eigenvalue weighted by atomic mass is 10.1. The van der Waals surface area contributed by atoms with Crippen molar-refractivity contribution in [3.05, 3.63) is 71.8 Å². The van der Waals surface area contributed by atoms with Crippen LogP contribution in [0.2, 0.25) is 19.6 Å². The Balaban J connectivity index is 2.04. The molecule has 0 atom stereocenters. The number of hydrogen-bond acceptors (Lipinski definition) is 3. The lowest BCUT2D eigenvalue weighted by molar-refractivity contribution is 0.0833. The van der Waals surface area contributed by atoms with Crippen LogP contribution < -0.4 is 0 Å². The van der Waals surface area contributed by atoms with Crippen LogP contribution in [-0.4, -0.2) is 37.6 Å². The van der Waals surface area contributed by atoms with E-state index in [0.717, 1.165) is 5.56 Å². The van der Waals surface area contributed by atoms with Gasteiger partial charge in [-0.25, -0.2) is 4.79 Å². The summed E-state index contributed by atoms with van der Waals surface area (Å²) in [7, 11) is -1.59. The Bertz CT molecular complexity index is 696. The molecule has 0 spiro atoms. The molecule has 0 fully saturated rings. The molecule has 5 heteroatoms. The van der Waals surface area contributed by atoms with Gasteiger partial charge >= 0.3 is 6.09 Å². The molecule has 0 radical (unpaired) electrons. The summed E-state index contributed by atoms with van der Waals surface area (Å²) in [5.74, 6) is -0.0736. The van der Waals surface area contributed by atoms with Gasteiger partial charge in [0.2, 0.25) is 0 Å². The lowest BCUT2D eigenvalue weighted by Crippen LogP contribution is -2.46. The number of carbonyl (C=O) groups is 2. The Morgan fingerprint density at radius 3 is 2.04 bits per heavy atom. The van der Waals surface area contributed by atoms with Gasteiger partial charge in [0.1, 0.15) is 6.61 Å². The van der Waals surface area contributed by atoms with Crippen molar-refractivity contribution in [2.75, 3.05) is 12.7 Å². The predicted molar refractivity (Wildman–Crippen MR) is 102 cm³/mol. The third-order valence-corrected chi connectivity index (χ3v) is 4.89. The maximum atomic E-state index is 12.5. The number of benzene rings is 2. The van der Waals surface area contributed by atoms with Crippen molar-refractivity contribution in [1.82, 2.24) is 4.90 Å². The minimum absolute atomic E-state index is 0.0436. The highest BCUT2D eigenvalue weighted by molar-refractivity contribution is 6.76. The number of nitrogens with zero attached hydrogens (tertiary/aromatic N) is 1. The smallest absolute Gasteiger partial charge is 0.410 e. The molecule has 0 saturated carbocycles. The molecule has 0 aliphatic rings. The fraction of sp³-hybridized carbons (Fsp3) is 0.300. The Hall–Kier alpha value is -2.40. The van der Waals surface area contributed by atoms with E-state index >= 15 is 0 Å². The van der Waals surface area contributed by atoms with Gasteiger partial charge < -0.3 is 9.64 Å². The topological polar surface area (TPSA) is 46.6 Å². The van der Waals surface area contributed by atoms with E-state index < -0.39 is 14.2 Å². The van der Waals surface area contributed by atoms with Gasteiger partial charge in [0.15, 0.2) is 5.78 Å². The number of amides is 1. The van der Waals surface area contributed by atoms with Crippen molar-refractivity contribution in [3.8, 4) is 0 Å². The van der Waals surface area contributed by atoms with E-state index in [4.69, 9.17) is 4.74 Å². The molecule has 2 rings (SSSR count). The summed E-state index contributed by atoms with van der Waals surface area (Å²) < 4.78 is 5.43. The highest BCUT2D eigenvalue weighted by atomic mass is 28.3. The normalized spacial score (nSPS) is 11.0. The molecule has 0 N–H and O–H groups in total. The fourth-order valence-electron chi connectivity index (χ4n) is 2.46. The molecule has 0 aliphatic carbocycles. The molecule has 0 bridgehead atoms. The van der Waals surface area contributed by atoms with Gasteiger partial charge in [0, 0.05) is 11.7 Å². The zero-order valence-electron chi connectivity index (χ0n) is 15.1. The van der Waals surface area contributed by atoms with Crippen LogP contribution in [0.5, 0.6) is 0 Å². The summed E-state index contributed by atoms with van der Waals surface area (Å²) >= 11 is 0. The largest absolute Gasteiger partial charge is 0.445 e. The molecule has 132 valence electrons. The van der Waals surface area contributed by atoms with Crippen LogP contribution in [0.15, 0.2) is 60.7 Å². The average Bonchev–Trinajstić information content (AvgIpc) is 2.59. The number of Topliss-reactive ketones (excluding diaryl/α,β-unsaturated/α-hetero) is 1. The first-order valence-electron chi connectivity index (χ1n) is 8.39. The maximum Gasteiger partial charge on any atom is 0.410 e. The Labute approximate surface area is 150 Å². The molecule has 0 saturated heterocycles. The second-order valence-electron chi connectivity index (χ2n) is 7.25. The van der Waals surface area contributed by atoms with Gasteiger partial charge in [-0.15, -0.1) is 0 Å². The quantitative estimate of drug-likeness (QED) is 0.547. The van der Waals surface area contributed by atoms with Crippen LogP contribution in [0, 0.1) is 0 Å². The number of rotatable bonds is 7. The van der Waals surface area contributed by atoms with E-state index in [-0.39, 0.29) is 18.9 Å². The van der Waals surface area contributed by atoms with Crippen molar-refractivity contribution in [2.24, 2.45) is 0 Å². The molecular weight excluding hydrogens is 330 g/mol. The van der Waals surface area contributed by atoms with Gasteiger partial charge in [-0.05, 0) is 5.56 Å². The molecule has 0 aromatic heterocycles. The van der Waals surface area contributed by atoms with Gasteiger partial charge in [-0.3, -0.25) is 4.79 Å². The van der Waals surface area contributed by atoms with Crippen LogP contribution in [-0.2, 0) is 11.3 Å². The highest BCUT2D eigenvalue weighted by Crippen LogP contribution is 2.10. The van der Waals surface area contributed by atoms with E-state index in [0.29, 0.717) is 11.7 Å². The van der Waals surface area contributed by atoms with Crippen molar-refractivity contribution < 1.29 is 14.3 Å². The fourth-order valence-corrected chi connectivity index (χ4v) is 3.84. The molecule has 0 aliphatic heterocycles. The molecule has 4 nitrogen and oxygen atoms in total. The van der Waals surface area contributed by atoms with Crippen LogP contribution >= 0.6 is 0 Å². The van der Waals surface area contributed by atoms with E-state index in [9.17, 15) is 9.59 Å². The second kappa shape index (κ2) is 8.62.